The number of ether oxygens (including phenoxy) is 1. The molecule has 10 heteroatoms. The fourth-order valence-electron chi connectivity index (χ4n) is 3.95. The molecular weight excluding hydrogens is 580 g/mol. The highest BCUT2D eigenvalue weighted by molar-refractivity contribution is 9.10. The average molecular weight is 616 g/mol. The minimum Gasteiger partial charge on any atom is -0.457 e. The zero-order chi connectivity index (χ0) is 26.9. The van der Waals surface area contributed by atoms with E-state index in [0.717, 1.165) is 10.0 Å². The summed E-state index contributed by atoms with van der Waals surface area (Å²) in [5.74, 6) is 0. The molecule has 1 aliphatic heterocycles. The van der Waals surface area contributed by atoms with Crippen LogP contribution in [0.2, 0.25) is 23.2 Å². The van der Waals surface area contributed by atoms with E-state index in [1.54, 1.807) is 32.0 Å². The fourth-order valence-corrected chi connectivity index (χ4v) is 7.24. The molecule has 2 aromatic carbocycles. The van der Waals surface area contributed by atoms with Gasteiger partial charge in [-0.1, -0.05) is 72.6 Å². The van der Waals surface area contributed by atoms with Gasteiger partial charge in [0, 0.05) is 16.1 Å². The first kappa shape index (κ1) is 29.2. The first-order valence-corrected chi connectivity index (χ1v) is 17.6. The summed E-state index contributed by atoms with van der Waals surface area (Å²) in [6, 6.07) is 14.2. The van der Waals surface area contributed by atoms with Gasteiger partial charge in [0.2, 0.25) is 10.0 Å². The van der Waals surface area contributed by atoms with Gasteiger partial charge in [0.25, 0.3) is 6.02 Å². The van der Waals surface area contributed by atoms with Crippen molar-refractivity contribution >= 4 is 51.9 Å². The van der Waals surface area contributed by atoms with E-state index in [0.29, 0.717) is 23.6 Å². The summed E-state index contributed by atoms with van der Waals surface area (Å²) >= 11 is 9.67. The van der Waals surface area contributed by atoms with Crippen LogP contribution in [0.1, 0.15) is 63.5 Å². The molecule has 2 aromatic rings. The van der Waals surface area contributed by atoms with E-state index >= 15 is 0 Å². The van der Waals surface area contributed by atoms with Crippen LogP contribution in [0.3, 0.4) is 0 Å². The molecule has 3 rings (SSSR count). The Morgan fingerprint density at radius 1 is 1.19 bits per heavy atom. The Kier molecular flexibility index (Phi) is 8.72. The van der Waals surface area contributed by atoms with Crippen LogP contribution in [0.25, 0.3) is 0 Å². The monoisotopic (exact) mass is 614 g/mol. The Morgan fingerprint density at radius 2 is 1.83 bits per heavy atom. The van der Waals surface area contributed by atoms with Crippen LogP contribution in [0.15, 0.2) is 58.0 Å². The number of nitrogens with zero attached hydrogens (tertiary/aromatic N) is 1. The Balaban J connectivity index is 1.91. The molecule has 1 aliphatic rings. The predicted molar refractivity (Wildman–Crippen MR) is 153 cm³/mol. The molecule has 198 valence electrons. The Hall–Kier alpha value is -1.39. The minimum atomic E-state index is -3.82. The number of sulfonamides is 1. The summed E-state index contributed by atoms with van der Waals surface area (Å²) in [6.07, 6.45) is 0.554. The van der Waals surface area contributed by atoms with Gasteiger partial charge in [0.05, 0.1) is 6.04 Å². The van der Waals surface area contributed by atoms with E-state index in [2.05, 4.69) is 54.5 Å². The van der Waals surface area contributed by atoms with Gasteiger partial charge in [-0.05, 0) is 73.8 Å². The van der Waals surface area contributed by atoms with E-state index in [-0.39, 0.29) is 11.1 Å². The maximum absolute atomic E-state index is 13.4. The number of aliphatic imine (C=N–C) groups is 1. The second kappa shape index (κ2) is 10.8. The van der Waals surface area contributed by atoms with E-state index in [1.165, 1.54) is 0 Å². The fraction of sp³-hybridized carbons (Fsp3) is 0.500. The highest BCUT2D eigenvalue weighted by Crippen LogP contribution is 2.40. The highest BCUT2D eigenvalue weighted by atomic mass is 79.9. The molecule has 0 spiro atoms. The molecule has 0 radical (unpaired) electrons. The maximum Gasteiger partial charge on any atom is 0.299 e. The normalized spacial score (nSPS) is 21.5. The van der Waals surface area contributed by atoms with Crippen molar-refractivity contribution in [2.45, 2.75) is 76.1 Å². The van der Waals surface area contributed by atoms with Gasteiger partial charge in [-0.2, -0.15) is 0 Å². The van der Waals surface area contributed by atoms with Crippen molar-refractivity contribution < 1.29 is 17.6 Å². The van der Waals surface area contributed by atoms with E-state index in [1.807, 2.05) is 30.3 Å². The Bertz CT molecular complexity index is 1210. The zero-order valence-corrected chi connectivity index (χ0v) is 26.1. The molecule has 0 aliphatic carbocycles. The number of halogens is 2. The average Bonchev–Trinajstić information content (AvgIpc) is 2.72. The lowest BCUT2D eigenvalue weighted by Gasteiger charge is -2.39. The molecule has 1 N–H and O–H groups in total. The third-order valence-electron chi connectivity index (χ3n) is 6.87. The van der Waals surface area contributed by atoms with Crippen molar-refractivity contribution in [2.75, 3.05) is 6.61 Å². The predicted octanol–water partition coefficient (Wildman–Crippen LogP) is 7.38. The van der Waals surface area contributed by atoms with Crippen molar-refractivity contribution in [2.24, 2.45) is 4.99 Å². The topological polar surface area (TPSA) is 77.0 Å². The lowest BCUT2D eigenvalue weighted by Crippen LogP contribution is -2.53. The van der Waals surface area contributed by atoms with Crippen LogP contribution in [-0.2, 0) is 19.2 Å². The number of hydrogen-bond donors (Lipinski definition) is 1. The summed E-state index contributed by atoms with van der Waals surface area (Å²) in [5, 5.41) is -0.231. The number of nitrogens with one attached hydrogen (secondary N) is 1. The van der Waals surface area contributed by atoms with Gasteiger partial charge in [0.1, 0.15) is 10.9 Å². The molecule has 1 fully saturated rings. The molecule has 1 heterocycles. The smallest absolute Gasteiger partial charge is 0.299 e. The zero-order valence-electron chi connectivity index (χ0n) is 21.9. The van der Waals surface area contributed by atoms with Crippen molar-refractivity contribution in [1.82, 2.24) is 4.72 Å². The van der Waals surface area contributed by atoms with E-state index < -0.39 is 35.2 Å². The van der Waals surface area contributed by atoms with Crippen LogP contribution in [0.5, 0.6) is 0 Å². The summed E-state index contributed by atoms with van der Waals surface area (Å²) in [7, 11) is -5.77. The first-order valence-electron chi connectivity index (χ1n) is 12.0. The molecule has 1 unspecified atom stereocenters. The van der Waals surface area contributed by atoms with Crippen LogP contribution in [0.4, 0.5) is 0 Å². The van der Waals surface area contributed by atoms with Gasteiger partial charge in [-0.25, -0.2) is 18.1 Å². The van der Waals surface area contributed by atoms with Gasteiger partial charge in [-0.3, -0.25) is 0 Å². The van der Waals surface area contributed by atoms with Crippen molar-refractivity contribution in [3.05, 3.63) is 69.2 Å². The largest absolute Gasteiger partial charge is 0.457 e. The number of benzene rings is 2. The molecule has 0 amide bonds. The van der Waals surface area contributed by atoms with Crippen molar-refractivity contribution in [3.8, 4) is 0 Å². The highest BCUT2D eigenvalue weighted by Gasteiger charge is 2.48. The SMILES string of the molecule is CC1(C)OC(=N[C@@H](CCO[Si](C)(C)C(C)(C)C)c2cccc(Cl)c2)NS(=O)(=O)C1c1ccc(Br)cc1. The third-order valence-corrected chi connectivity index (χ3v) is 14.1. The van der Waals surface area contributed by atoms with Crippen LogP contribution >= 0.6 is 27.5 Å². The van der Waals surface area contributed by atoms with Gasteiger partial charge >= 0.3 is 0 Å². The maximum atomic E-state index is 13.4. The van der Waals surface area contributed by atoms with Crippen LogP contribution < -0.4 is 4.72 Å². The quantitative estimate of drug-likeness (QED) is 0.330. The van der Waals surface area contributed by atoms with E-state index in [4.69, 9.17) is 25.8 Å². The second-order valence-electron chi connectivity index (χ2n) is 11.2. The summed E-state index contributed by atoms with van der Waals surface area (Å²) in [5.41, 5.74) is 0.459. The first-order chi connectivity index (χ1) is 16.5. The molecular formula is C26H36BrClN2O4SSi. The molecule has 36 heavy (non-hydrogen) atoms. The number of rotatable bonds is 7. The lowest BCUT2D eigenvalue weighted by atomic mass is 9.97. The van der Waals surface area contributed by atoms with Gasteiger partial charge in [0.15, 0.2) is 8.32 Å². The molecule has 0 bridgehead atoms. The molecule has 0 aromatic heterocycles. The second-order valence-corrected chi connectivity index (χ2v) is 19.1. The van der Waals surface area contributed by atoms with Crippen molar-refractivity contribution in [1.29, 1.82) is 0 Å². The number of amidine groups is 1. The summed E-state index contributed by atoms with van der Waals surface area (Å²) in [4.78, 5) is 4.74. The summed E-state index contributed by atoms with van der Waals surface area (Å²) in [6.45, 7) is 15.0. The van der Waals surface area contributed by atoms with E-state index in [9.17, 15) is 8.42 Å². The molecule has 6 nitrogen and oxygen atoms in total. The standard InChI is InChI=1S/C26H36BrClN2O4SSi/c1-25(2,3)36(6,7)33-16-15-22(19-9-8-10-21(28)17-19)29-24-30-35(31,32)23(26(4,5)34-24)18-11-13-20(27)14-12-18/h8-14,17,22-23H,15-16H2,1-7H3,(H,29,30)/t22-,23?/m0/s1. The third kappa shape index (κ3) is 6.92. The molecule has 2 atom stereocenters. The lowest BCUT2D eigenvalue weighted by molar-refractivity contribution is 0.0759. The van der Waals surface area contributed by atoms with Crippen LogP contribution in [-0.4, -0.2) is 35.0 Å². The van der Waals surface area contributed by atoms with Gasteiger partial charge < -0.3 is 9.16 Å². The summed E-state index contributed by atoms with van der Waals surface area (Å²) < 4.78 is 42.8. The molecule has 0 saturated carbocycles. The van der Waals surface area contributed by atoms with Crippen molar-refractivity contribution in [3.63, 3.8) is 0 Å². The Labute approximate surface area is 230 Å². The number of hydrogen-bond acceptors (Lipinski definition) is 5. The van der Waals surface area contributed by atoms with Gasteiger partial charge in [-0.15, -0.1) is 0 Å². The minimum absolute atomic E-state index is 0.0225. The Morgan fingerprint density at radius 3 is 2.39 bits per heavy atom. The molecule has 1 saturated heterocycles. The van der Waals surface area contributed by atoms with Crippen LogP contribution in [0, 0.1) is 0 Å².